The molecule has 0 aromatic heterocycles. The van der Waals surface area contributed by atoms with E-state index in [-0.39, 0.29) is 18.9 Å². The van der Waals surface area contributed by atoms with E-state index in [0.717, 1.165) is 45.0 Å². The van der Waals surface area contributed by atoms with Gasteiger partial charge < -0.3 is 20.6 Å². The fourth-order valence-corrected chi connectivity index (χ4v) is 4.04. The molecule has 148 valence electrons. The number of aliphatic carboxylic acids is 1. The summed E-state index contributed by atoms with van der Waals surface area (Å²) in [5.41, 5.74) is 1.39. The number of benzene rings is 1. The highest BCUT2D eigenvalue weighted by molar-refractivity contribution is 6.34. The van der Waals surface area contributed by atoms with Gasteiger partial charge in [0, 0.05) is 44.5 Å². The van der Waals surface area contributed by atoms with Crippen LogP contribution in [-0.4, -0.2) is 73.7 Å². The van der Waals surface area contributed by atoms with E-state index in [0.29, 0.717) is 16.6 Å². The van der Waals surface area contributed by atoms with Gasteiger partial charge in [-0.25, -0.2) is 0 Å². The topological polar surface area (TPSA) is 84.9 Å². The van der Waals surface area contributed by atoms with Crippen molar-refractivity contribution in [3.63, 3.8) is 0 Å². The average molecular weight is 395 g/mol. The second-order valence-corrected chi connectivity index (χ2v) is 7.48. The van der Waals surface area contributed by atoms with Crippen molar-refractivity contribution in [1.29, 1.82) is 0 Å². The van der Waals surface area contributed by atoms with Crippen LogP contribution in [0.3, 0.4) is 0 Å². The fourth-order valence-electron chi connectivity index (χ4n) is 3.78. The number of piperidine rings is 1. The lowest BCUT2D eigenvalue weighted by Crippen LogP contribution is -2.52. The highest BCUT2D eigenvalue weighted by atomic mass is 35.5. The Bertz CT molecular complexity index is 671. The minimum atomic E-state index is -0.944. The first-order valence-electron chi connectivity index (χ1n) is 9.54. The second-order valence-electron chi connectivity index (χ2n) is 7.07. The number of nitrogens with one attached hydrogen (secondary N) is 2. The zero-order chi connectivity index (χ0) is 19.2. The third-order valence-electron chi connectivity index (χ3n) is 5.33. The minimum Gasteiger partial charge on any atom is -0.481 e. The van der Waals surface area contributed by atoms with Gasteiger partial charge in [-0.1, -0.05) is 11.6 Å². The van der Waals surface area contributed by atoms with Crippen LogP contribution >= 0.6 is 11.6 Å². The van der Waals surface area contributed by atoms with E-state index < -0.39 is 5.97 Å². The summed E-state index contributed by atoms with van der Waals surface area (Å²) >= 11 is 6.31. The third-order valence-corrected chi connectivity index (χ3v) is 5.64. The van der Waals surface area contributed by atoms with E-state index >= 15 is 0 Å². The molecular weight excluding hydrogens is 368 g/mol. The predicted molar refractivity (Wildman–Crippen MR) is 106 cm³/mol. The highest BCUT2D eigenvalue weighted by Crippen LogP contribution is 2.25. The van der Waals surface area contributed by atoms with Crippen molar-refractivity contribution in [3.05, 3.63) is 28.8 Å². The third kappa shape index (κ3) is 5.34. The molecule has 0 aliphatic carbocycles. The number of carboxylic acids is 1. The van der Waals surface area contributed by atoms with Crippen molar-refractivity contribution >= 4 is 29.2 Å². The number of piperazine rings is 1. The lowest BCUT2D eigenvalue weighted by molar-refractivity contribution is -0.136. The summed E-state index contributed by atoms with van der Waals surface area (Å²) in [5.74, 6) is -1.29. The molecule has 3 N–H and O–H groups in total. The van der Waals surface area contributed by atoms with Crippen LogP contribution < -0.4 is 15.5 Å². The zero-order valence-corrected chi connectivity index (χ0v) is 16.2. The van der Waals surface area contributed by atoms with Gasteiger partial charge in [-0.2, -0.15) is 0 Å². The molecule has 8 heteroatoms. The zero-order valence-electron chi connectivity index (χ0n) is 15.4. The Balaban J connectivity index is 1.54. The summed E-state index contributed by atoms with van der Waals surface area (Å²) in [4.78, 5) is 27.6. The number of carbonyl (C=O) groups is 2. The van der Waals surface area contributed by atoms with E-state index in [9.17, 15) is 9.59 Å². The van der Waals surface area contributed by atoms with Crippen LogP contribution in [0.5, 0.6) is 0 Å². The van der Waals surface area contributed by atoms with Crippen LogP contribution in [0.1, 0.15) is 29.6 Å². The van der Waals surface area contributed by atoms with Gasteiger partial charge in [-0.3, -0.25) is 14.5 Å². The SMILES string of the molecule is O=C(O)CCNC(=O)c1ccc(N2CCN(C3CCNCC3)CC2)cc1Cl. The smallest absolute Gasteiger partial charge is 0.305 e. The molecule has 3 rings (SSSR count). The Morgan fingerprint density at radius 1 is 1.19 bits per heavy atom. The number of rotatable bonds is 6. The maximum atomic E-state index is 12.1. The molecule has 1 amide bonds. The fraction of sp³-hybridized carbons (Fsp3) is 0.579. The van der Waals surface area contributed by atoms with Gasteiger partial charge in [-0.05, 0) is 44.1 Å². The summed E-state index contributed by atoms with van der Waals surface area (Å²) in [6.07, 6.45) is 2.33. The van der Waals surface area contributed by atoms with Gasteiger partial charge in [-0.15, -0.1) is 0 Å². The second kappa shape index (κ2) is 9.39. The van der Waals surface area contributed by atoms with Gasteiger partial charge in [0.05, 0.1) is 17.0 Å². The molecule has 2 aliphatic heterocycles. The Morgan fingerprint density at radius 3 is 2.52 bits per heavy atom. The van der Waals surface area contributed by atoms with Gasteiger partial charge in [0.25, 0.3) is 5.91 Å². The van der Waals surface area contributed by atoms with Crippen molar-refractivity contribution in [3.8, 4) is 0 Å². The maximum absolute atomic E-state index is 12.1. The molecule has 0 bridgehead atoms. The number of carbonyl (C=O) groups excluding carboxylic acids is 1. The number of amides is 1. The molecular formula is C19H27ClN4O3. The first-order valence-corrected chi connectivity index (χ1v) is 9.91. The molecule has 2 saturated heterocycles. The van der Waals surface area contributed by atoms with Crippen molar-refractivity contribution < 1.29 is 14.7 Å². The number of hydrogen-bond donors (Lipinski definition) is 3. The number of hydrogen-bond acceptors (Lipinski definition) is 5. The summed E-state index contributed by atoms with van der Waals surface area (Å²) < 4.78 is 0. The van der Waals surface area contributed by atoms with Gasteiger partial charge in [0.2, 0.25) is 0 Å². The summed E-state index contributed by atoms with van der Waals surface area (Å²) in [6, 6.07) is 6.15. The van der Waals surface area contributed by atoms with Crippen LogP contribution in [0.4, 0.5) is 5.69 Å². The maximum Gasteiger partial charge on any atom is 0.305 e. The van der Waals surface area contributed by atoms with E-state index in [1.54, 1.807) is 6.07 Å². The molecule has 27 heavy (non-hydrogen) atoms. The van der Waals surface area contributed by atoms with Crippen LogP contribution in [0.25, 0.3) is 0 Å². The van der Waals surface area contributed by atoms with E-state index in [2.05, 4.69) is 20.4 Å². The number of halogens is 1. The monoisotopic (exact) mass is 394 g/mol. The molecule has 0 saturated carbocycles. The summed E-state index contributed by atoms with van der Waals surface area (Å²) in [7, 11) is 0. The molecule has 1 aromatic rings. The molecule has 1 aromatic carbocycles. The van der Waals surface area contributed by atoms with E-state index in [4.69, 9.17) is 16.7 Å². The number of nitrogens with zero attached hydrogens (tertiary/aromatic N) is 2. The van der Waals surface area contributed by atoms with E-state index in [1.807, 2.05) is 12.1 Å². The molecule has 0 radical (unpaired) electrons. The normalized spacial score (nSPS) is 19.1. The molecule has 0 unspecified atom stereocenters. The molecule has 0 atom stereocenters. The predicted octanol–water partition coefficient (Wildman–Crippen LogP) is 1.42. The average Bonchev–Trinajstić information content (AvgIpc) is 2.68. The van der Waals surface area contributed by atoms with Gasteiger partial charge in [0.1, 0.15) is 0 Å². The Hall–Kier alpha value is -1.83. The molecule has 0 spiro atoms. The van der Waals surface area contributed by atoms with Crippen molar-refractivity contribution in [2.45, 2.75) is 25.3 Å². The number of carboxylic acid groups (broad SMARTS) is 1. The Kier molecular flexibility index (Phi) is 6.93. The quantitative estimate of drug-likeness (QED) is 0.676. The van der Waals surface area contributed by atoms with Crippen molar-refractivity contribution in [2.24, 2.45) is 0 Å². The number of anilines is 1. The lowest BCUT2D eigenvalue weighted by Gasteiger charge is -2.41. The first kappa shape index (κ1) is 19.9. The van der Waals surface area contributed by atoms with Crippen LogP contribution in [0, 0.1) is 0 Å². The molecule has 7 nitrogen and oxygen atoms in total. The summed E-state index contributed by atoms with van der Waals surface area (Å²) in [6.45, 7) is 6.28. The van der Waals surface area contributed by atoms with Crippen LogP contribution in [0.2, 0.25) is 5.02 Å². The van der Waals surface area contributed by atoms with Crippen molar-refractivity contribution in [1.82, 2.24) is 15.5 Å². The molecule has 2 heterocycles. The van der Waals surface area contributed by atoms with Crippen LogP contribution in [0.15, 0.2) is 18.2 Å². The first-order chi connectivity index (χ1) is 13.0. The highest BCUT2D eigenvalue weighted by Gasteiger charge is 2.25. The largest absolute Gasteiger partial charge is 0.481 e. The molecule has 2 aliphatic rings. The Morgan fingerprint density at radius 2 is 1.89 bits per heavy atom. The Labute approximate surface area is 164 Å². The van der Waals surface area contributed by atoms with Crippen molar-refractivity contribution in [2.75, 3.05) is 50.7 Å². The van der Waals surface area contributed by atoms with Gasteiger partial charge >= 0.3 is 5.97 Å². The lowest BCUT2D eigenvalue weighted by atomic mass is 10.0. The summed E-state index contributed by atoms with van der Waals surface area (Å²) in [5, 5.41) is 15.0. The van der Waals surface area contributed by atoms with Gasteiger partial charge in [0.15, 0.2) is 0 Å². The van der Waals surface area contributed by atoms with E-state index in [1.165, 1.54) is 12.8 Å². The minimum absolute atomic E-state index is 0.0882. The standard InChI is InChI=1S/C19H27ClN4O3/c20-17-13-15(1-2-16(17)19(27)22-8-5-18(25)26)24-11-9-23(10-12-24)14-3-6-21-7-4-14/h1-2,13-14,21H,3-12H2,(H,22,27)(H,25,26). The van der Waals surface area contributed by atoms with Crippen LogP contribution in [-0.2, 0) is 4.79 Å². The molecule has 2 fully saturated rings.